The molecule has 3 N–H and O–H groups in total. The van der Waals surface area contributed by atoms with Gasteiger partial charge in [-0.05, 0) is 72.2 Å². The maximum atomic E-state index is 13.4. The van der Waals surface area contributed by atoms with Crippen LogP contribution in [0.1, 0.15) is 28.7 Å². The average molecular weight is 703 g/mol. The molecular weight excluding hydrogens is 678 g/mol. The van der Waals surface area contributed by atoms with E-state index < -0.39 is 43.2 Å². The van der Waals surface area contributed by atoms with Gasteiger partial charge >= 0.3 is 11.5 Å². The predicted molar refractivity (Wildman–Crippen MR) is 175 cm³/mol. The number of nitrogens with two attached hydrogens (primary N) is 1. The van der Waals surface area contributed by atoms with Crippen LogP contribution in [0.4, 0.5) is 18.9 Å². The number of nitrogens with zero attached hydrogens (tertiary/aromatic N) is 2. The lowest BCUT2D eigenvalue weighted by Gasteiger charge is -2.17. The number of ether oxygens (including phenoxy) is 1. The van der Waals surface area contributed by atoms with Gasteiger partial charge < -0.3 is 20.1 Å². The molecule has 0 saturated heterocycles. The maximum Gasteiger partial charge on any atom is 0.502 e. The second-order valence-electron chi connectivity index (χ2n) is 10.1. The summed E-state index contributed by atoms with van der Waals surface area (Å²) in [7, 11) is -6.04. The number of aromatic nitrogens is 2. The van der Waals surface area contributed by atoms with Gasteiger partial charge in [-0.15, -0.1) is 0 Å². The number of carbonyl (C=O) groups is 1. The molecule has 5 aromatic rings. The Morgan fingerprint density at radius 3 is 2.19 bits per heavy atom. The molecular formula is C33H24Cl2F3N3O5S. The van der Waals surface area contributed by atoms with Crippen LogP contribution in [0.5, 0.6) is 11.5 Å². The maximum absolute atomic E-state index is 13.4. The number of halogens is 5. The molecule has 0 radical (unpaired) electrons. The van der Waals surface area contributed by atoms with Crippen LogP contribution in [-0.2, 0) is 16.4 Å². The SMILES string of the molecule is CCn1cc(-c2ccc(Cl)cc2Cl)nc1C=Cc1ccc(-c2ccc(Oc3ccc(C(=O)O)c(N)c3S(=O)(=O)C(F)(F)F)cc2)cc1. The van der Waals surface area contributed by atoms with E-state index in [1.807, 2.05) is 60.2 Å². The van der Waals surface area contributed by atoms with Crippen molar-refractivity contribution in [1.29, 1.82) is 0 Å². The van der Waals surface area contributed by atoms with Gasteiger partial charge in [0.15, 0.2) is 0 Å². The van der Waals surface area contributed by atoms with Crippen molar-refractivity contribution in [1.82, 2.24) is 9.55 Å². The number of benzene rings is 4. The number of hydrogen-bond donors (Lipinski definition) is 2. The lowest BCUT2D eigenvalue weighted by Crippen LogP contribution is -2.25. The van der Waals surface area contributed by atoms with Gasteiger partial charge in [0, 0.05) is 23.3 Å². The lowest BCUT2D eigenvalue weighted by atomic mass is 10.0. The molecule has 4 aromatic carbocycles. The molecule has 0 saturated carbocycles. The van der Waals surface area contributed by atoms with E-state index in [1.54, 1.807) is 24.3 Å². The standard InChI is InChI=1S/C33H24Cl2F3N3O5S/c1-2-41-18-27(24-13-10-22(34)17-26(24)35)40-29(41)16-5-19-3-6-20(7-4-19)21-8-11-23(12-9-21)46-28-15-14-25(32(42)43)30(39)31(28)47(44,45)33(36,37)38/h3-18H,2,39H2,1H3,(H,42,43). The molecule has 0 fully saturated rings. The summed E-state index contributed by atoms with van der Waals surface area (Å²) in [6.07, 6.45) is 5.72. The minimum Gasteiger partial charge on any atom is -0.478 e. The highest BCUT2D eigenvalue weighted by molar-refractivity contribution is 7.92. The van der Waals surface area contributed by atoms with Crippen molar-refractivity contribution in [3.05, 3.63) is 112 Å². The van der Waals surface area contributed by atoms with Gasteiger partial charge in [-0.1, -0.05) is 65.7 Å². The van der Waals surface area contributed by atoms with Crippen LogP contribution in [0.15, 0.2) is 90.0 Å². The third-order valence-corrected chi connectivity index (χ3v) is 9.19. The Labute approximate surface area is 277 Å². The highest BCUT2D eigenvalue weighted by atomic mass is 35.5. The van der Waals surface area contributed by atoms with Crippen molar-refractivity contribution in [3.63, 3.8) is 0 Å². The van der Waals surface area contributed by atoms with Crippen molar-refractivity contribution in [3.8, 4) is 33.9 Å². The smallest absolute Gasteiger partial charge is 0.478 e. The van der Waals surface area contributed by atoms with Crippen LogP contribution in [0, 0.1) is 0 Å². The molecule has 0 atom stereocenters. The zero-order valence-electron chi connectivity index (χ0n) is 24.3. The fraction of sp³-hybridized carbons (Fsp3) is 0.0909. The molecule has 1 aromatic heterocycles. The number of nitrogen functional groups attached to an aromatic ring is 1. The molecule has 242 valence electrons. The molecule has 8 nitrogen and oxygen atoms in total. The van der Waals surface area contributed by atoms with Gasteiger partial charge in [-0.2, -0.15) is 13.2 Å². The Morgan fingerprint density at radius 2 is 1.62 bits per heavy atom. The molecule has 1 heterocycles. The third-order valence-electron chi connectivity index (χ3n) is 7.07. The summed E-state index contributed by atoms with van der Waals surface area (Å²) in [5.74, 6) is -1.72. The molecule has 14 heteroatoms. The van der Waals surface area contributed by atoms with Crippen molar-refractivity contribution in [2.45, 2.75) is 23.9 Å². The summed E-state index contributed by atoms with van der Waals surface area (Å²) in [5.41, 5.74) is 1.89. The van der Waals surface area contributed by atoms with E-state index in [2.05, 4.69) is 0 Å². The van der Waals surface area contributed by atoms with E-state index in [1.165, 1.54) is 12.1 Å². The monoisotopic (exact) mass is 701 g/mol. The van der Waals surface area contributed by atoms with E-state index in [-0.39, 0.29) is 5.75 Å². The van der Waals surface area contributed by atoms with Crippen LogP contribution in [0.3, 0.4) is 0 Å². The number of imidazole rings is 1. The number of hydrogen-bond acceptors (Lipinski definition) is 6. The van der Waals surface area contributed by atoms with Crippen LogP contribution in [-0.4, -0.2) is 34.6 Å². The number of carboxylic acids is 1. The number of sulfone groups is 1. The Hall–Kier alpha value is -4.78. The zero-order chi connectivity index (χ0) is 34.1. The summed E-state index contributed by atoms with van der Waals surface area (Å²) in [5, 5.41) is 10.3. The fourth-order valence-corrected chi connectivity index (χ4v) is 6.19. The van der Waals surface area contributed by atoms with Crippen molar-refractivity contribution in [2.24, 2.45) is 0 Å². The van der Waals surface area contributed by atoms with Gasteiger partial charge in [0.25, 0.3) is 9.84 Å². The van der Waals surface area contributed by atoms with E-state index in [0.717, 1.165) is 45.9 Å². The molecule has 5 rings (SSSR count). The predicted octanol–water partition coefficient (Wildman–Crippen LogP) is 9.08. The van der Waals surface area contributed by atoms with Crippen molar-refractivity contribution in [2.75, 3.05) is 5.73 Å². The van der Waals surface area contributed by atoms with Crippen molar-refractivity contribution >= 4 is 56.8 Å². The average Bonchev–Trinajstić information content (AvgIpc) is 3.43. The molecule has 0 aliphatic rings. The first-order valence-electron chi connectivity index (χ1n) is 13.8. The molecule has 0 aliphatic carbocycles. The molecule has 0 aliphatic heterocycles. The largest absolute Gasteiger partial charge is 0.502 e. The highest BCUT2D eigenvalue weighted by Crippen LogP contribution is 2.42. The Balaban J connectivity index is 1.35. The summed E-state index contributed by atoms with van der Waals surface area (Å²) >= 11 is 12.4. The number of rotatable bonds is 9. The minimum atomic E-state index is -6.04. The molecule has 0 bridgehead atoms. The van der Waals surface area contributed by atoms with Gasteiger partial charge in [-0.25, -0.2) is 18.2 Å². The Bertz CT molecular complexity index is 2110. The molecule has 47 heavy (non-hydrogen) atoms. The highest BCUT2D eigenvalue weighted by Gasteiger charge is 2.50. The first kappa shape index (κ1) is 33.6. The number of aromatic carboxylic acids is 1. The summed E-state index contributed by atoms with van der Waals surface area (Å²) in [6, 6.07) is 20.6. The summed E-state index contributed by atoms with van der Waals surface area (Å²) in [6.45, 7) is 2.70. The molecule has 0 unspecified atom stereocenters. The van der Waals surface area contributed by atoms with Gasteiger partial charge in [-0.3, -0.25) is 0 Å². The minimum absolute atomic E-state index is 0.0000798. The van der Waals surface area contributed by atoms with E-state index in [9.17, 15) is 31.5 Å². The number of carboxylic acid groups (broad SMARTS) is 1. The molecule has 0 amide bonds. The quantitative estimate of drug-likeness (QED) is 0.147. The van der Waals surface area contributed by atoms with E-state index >= 15 is 0 Å². The molecule has 0 spiro atoms. The topological polar surface area (TPSA) is 125 Å². The van der Waals surface area contributed by atoms with E-state index in [4.69, 9.17) is 38.7 Å². The van der Waals surface area contributed by atoms with Crippen molar-refractivity contribution < 1.29 is 36.2 Å². The van der Waals surface area contributed by atoms with Crippen LogP contribution in [0.2, 0.25) is 10.0 Å². The second-order valence-corrected chi connectivity index (χ2v) is 12.8. The van der Waals surface area contributed by atoms with Gasteiger partial charge in [0.05, 0.1) is 22.0 Å². The number of anilines is 1. The zero-order valence-corrected chi connectivity index (χ0v) is 26.6. The van der Waals surface area contributed by atoms with Gasteiger partial charge in [0.2, 0.25) is 0 Å². The van der Waals surface area contributed by atoms with E-state index in [0.29, 0.717) is 16.6 Å². The Morgan fingerprint density at radius 1 is 0.979 bits per heavy atom. The Kier molecular flexibility index (Phi) is 9.39. The summed E-state index contributed by atoms with van der Waals surface area (Å²) in [4.78, 5) is 14.7. The number of aryl methyl sites for hydroxylation is 1. The normalized spacial score (nSPS) is 12.0. The third kappa shape index (κ3) is 6.99. The van der Waals surface area contributed by atoms with Crippen LogP contribution in [0.25, 0.3) is 34.5 Å². The first-order valence-corrected chi connectivity index (χ1v) is 16.0. The number of alkyl halides is 3. The lowest BCUT2D eigenvalue weighted by molar-refractivity contribution is -0.0436. The second kappa shape index (κ2) is 13.1. The fourth-order valence-electron chi connectivity index (χ4n) is 4.68. The summed E-state index contributed by atoms with van der Waals surface area (Å²) < 4.78 is 72.2. The van der Waals surface area contributed by atoms with Crippen LogP contribution >= 0.6 is 23.2 Å². The van der Waals surface area contributed by atoms with Crippen LogP contribution < -0.4 is 10.5 Å². The first-order chi connectivity index (χ1) is 22.2. The van der Waals surface area contributed by atoms with Gasteiger partial charge in [0.1, 0.15) is 22.2 Å².